The van der Waals surface area contributed by atoms with Gasteiger partial charge in [-0.05, 0) is 78.1 Å². The molecular weight excluding hydrogens is 807 g/mol. The Bertz CT molecular complexity index is 2480. The number of para-hydroxylation sites is 2. The Morgan fingerprint density at radius 1 is 0.800 bits per heavy atom. The van der Waals surface area contributed by atoms with Gasteiger partial charge in [0.15, 0.2) is 0 Å². The number of hydrogen-bond acceptors (Lipinski definition) is 3. The van der Waals surface area contributed by atoms with Crippen LogP contribution in [0.5, 0.6) is 0 Å². The van der Waals surface area contributed by atoms with Gasteiger partial charge in [-0.2, -0.15) is 0 Å². The van der Waals surface area contributed by atoms with E-state index < -0.39 is 14.9 Å². The smallest absolute Gasteiger partial charge is 0.0795 e. The molecule has 6 heteroatoms. The van der Waals surface area contributed by atoms with Gasteiger partial charge >= 0.3 is 0 Å². The van der Waals surface area contributed by atoms with Crippen LogP contribution in [0.3, 0.4) is 0 Å². The fraction of sp³-hybridized carbons (Fsp3) is 0.136. The third kappa shape index (κ3) is 7.06. The van der Waals surface area contributed by atoms with E-state index in [-0.39, 0.29) is 25.7 Å². The second kappa shape index (κ2) is 14.5. The first-order chi connectivity index (χ1) is 24.9. The van der Waals surface area contributed by atoms with Crippen molar-refractivity contribution in [3.05, 3.63) is 157 Å². The Balaban J connectivity index is 0.000000238. The van der Waals surface area contributed by atoms with E-state index in [4.69, 9.17) is 13.5 Å². The summed E-state index contributed by atoms with van der Waals surface area (Å²) in [5, 5.41) is 2.07. The molecule has 0 saturated carbocycles. The monoisotopic (exact) mass is 849 g/mol. The largest absolute Gasteiger partial charge is 0.557 e. The van der Waals surface area contributed by atoms with Crippen LogP contribution in [0.1, 0.15) is 20.8 Å². The molecule has 0 fully saturated rings. The zero-order valence-electron chi connectivity index (χ0n) is 31.7. The van der Waals surface area contributed by atoms with Crippen molar-refractivity contribution >= 4 is 35.3 Å². The van der Waals surface area contributed by atoms with E-state index in [0.29, 0.717) is 22.4 Å². The number of aromatic nitrogens is 3. The second-order valence-corrected chi connectivity index (χ2v) is 18.4. The van der Waals surface area contributed by atoms with Crippen molar-refractivity contribution in [3.8, 4) is 39.5 Å². The summed E-state index contributed by atoms with van der Waals surface area (Å²) < 4.78 is 31.4. The van der Waals surface area contributed by atoms with Crippen LogP contribution in [-0.2, 0) is 20.1 Å². The molecule has 3 heterocycles. The van der Waals surface area contributed by atoms with Crippen LogP contribution in [0.15, 0.2) is 132 Å². The molecule has 1 radical (unpaired) electrons. The minimum Gasteiger partial charge on any atom is -0.557 e. The maximum atomic E-state index is 7.85. The summed E-state index contributed by atoms with van der Waals surface area (Å²) in [5.41, 5.74) is 11.0. The summed E-state index contributed by atoms with van der Waals surface area (Å²) in [5.74, 6) is 0.656. The molecule has 50 heavy (non-hydrogen) atoms. The third-order valence-corrected chi connectivity index (χ3v) is 10.8. The third-order valence-electron chi connectivity index (χ3n) is 8.75. The maximum absolute atomic E-state index is 7.85. The zero-order chi connectivity index (χ0) is 36.6. The van der Waals surface area contributed by atoms with Gasteiger partial charge in [0, 0.05) is 47.9 Å². The van der Waals surface area contributed by atoms with E-state index in [1.54, 1.807) is 18.2 Å². The second-order valence-electron chi connectivity index (χ2n) is 13.3. The van der Waals surface area contributed by atoms with Crippen molar-refractivity contribution in [2.75, 3.05) is 0 Å². The van der Waals surface area contributed by atoms with Crippen LogP contribution >= 0.6 is 0 Å². The predicted molar refractivity (Wildman–Crippen MR) is 206 cm³/mol. The first-order valence-electron chi connectivity index (χ1n) is 17.9. The number of nitrogens with zero attached hydrogens (tertiary/aromatic N) is 3. The summed E-state index contributed by atoms with van der Waals surface area (Å²) in [7, 11) is -1.23. The van der Waals surface area contributed by atoms with Crippen molar-refractivity contribution < 1.29 is 28.6 Å². The van der Waals surface area contributed by atoms with Gasteiger partial charge in [0.25, 0.3) is 0 Å². The fourth-order valence-electron chi connectivity index (χ4n) is 6.28. The van der Waals surface area contributed by atoms with E-state index in [0.717, 1.165) is 39.1 Å². The molecule has 0 saturated heterocycles. The Hall–Kier alpha value is -4.87. The molecule has 0 N–H and O–H groups in total. The average Bonchev–Trinajstić information content (AvgIpc) is 3.73. The molecule has 0 atom stereocenters. The van der Waals surface area contributed by atoms with Gasteiger partial charge in [0.1, 0.15) is 0 Å². The molecule has 3 aromatic heterocycles. The standard InChI is InChI=1S/C30H23N2O.C14H16NSi.Ir/c1-19-13-14-28-24(15-19)25(18-33-28)30-31-26-11-7-8-12-27(26)32(30)23-16-20(2)29(21(3)17-23)22-9-5-4-6-10-22;1-16(2,3)13-9-10-14(15-11-13)12-7-5-4-6-8-12;/h4-17H,1-3H3;4-7,9-11H,1-3H3;/q2*-1;/i1D3;;. The van der Waals surface area contributed by atoms with E-state index in [2.05, 4.69) is 104 Å². The fourth-order valence-corrected chi connectivity index (χ4v) is 7.31. The molecule has 0 unspecified atom stereocenters. The quantitative estimate of drug-likeness (QED) is 0.128. The van der Waals surface area contributed by atoms with Crippen molar-refractivity contribution in [3.63, 3.8) is 0 Å². The van der Waals surface area contributed by atoms with E-state index >= 15 is 0 Å². The number of benzene rings is 5. The Kier molecular flexibility index (Phi) is 9.05. The summed E-state index contributed by atoms with van der Waals surface area (Å²) in [6.07, 6.45) is 5.02. The first kappa shape index (κ1) is 31.1. The number of aryl methyl sites for hydroxylation is 3. The van der Waals surface area contributed by atoms with Crippen LogP contribution in [-0.4, -0.2) is 22.6 Å². The molecule has 0 amide bonds. The van der Waals surface area contributed by atoms with Crippen molar-refractivity contribution in [2.45, 2.75) is 40.3 Å². The van der Waals surface area contributed by atoms with Gasteiger partial charge in [-0.3, -0.25) is 4.98 Å². The molecule has 0 aliphatic rings. The Morgan fingerprint density at radius 2 is 1.54 bits per heavy atom. The molecule has 5 aromatic carbocycles. The maximum Gasteiger partial charge on any atom is 0.0795 e. The van der Waals surface area contributed by atoms with Gasteiger partial charge < -0.3 is 14.0 Å². The van der Waals surface area contributed by atoms with Gasteiger partial charge in [0.05, 0.1) is 24.9 Å². The normalized spacial score (nSPS) is 12.4. The average molecular weight is 849 g/mol. The van der Waals surface area contributed by atoms with Crippen LogP contribution in [0, 0.1) is 33.0 Å². The summed E-state index contributed by atoms with van der Waals surface area (Å²) in [6, 6.07) is 43.1. The number of furan rings is 1. The molecule has 0 aliphatic heterocycles. The van der Waals surface area contributed by atoms with Crippen LogP contribution < -0.4 is 5.19 Å². The number of fused-ring (bicyclic) bond motifs is 2. The minimum atomic E-state index is -2.22. The van der Waals surface area contributed by atoms with Crippen molar-refractivity contribution in [2.24, 2.45) is 0 Å². The van der Waals surface area contributed by atoms with Crippen LogP contribution in [0.2, 0.25) is 19.6 Å². The summed E-state index contributed by atoms with van der Waals surface area (Å²) in [6.45, 7) is 9.03. The van der Waals surface area contributed by atoms with Crippen molar-refractivity contribution in [1.29, 1.82) is 0 Å². The first-order valence-corrected chi connectivity index (χ1v) is 19.9. The van der Waals surface area contributed by atoms with Crippen LogP contribution in [0.25, 0.3) is 61.5 Å². The number of hydrogen-bond donors (Lipinski definition) is 0. The van der Waals surface area contributed by atoms with Crippen molar-refractivity contribution in [1.82, 2.24) is 14.5 Å². The molecule has 0 aliphatic carbocycles. The topological polar surface area (TPSA) is 43.9 Å². The number of pyridine rings is 1. The SMILES string of the molecule is C[Si](C)(C)c1ccc(-c2[c-]cccc2)nc1.[2H]C([2H])([2H])c1ccc2o[c-]c(-c3nc4ccccc4n3-c3cc(C)c(-c4ccccc4)c(C)c3)c2c1.[Ir]. The molecular formula is C44H39IrN3OSi-2. The molecule has 4 nitrogen and oxygen atoms in total. The molecule has 8 rings (SSSR count). The molecule has 0 spiro atoms. The van der Waals surface area contributed by atoms with Crippen LogP contribution in [0.4, 0.5) is 0 Å². The molecule has 0 bridgehead atoms. The van der Waals surface area contributed by atoms with Gasteiger partial charge in [-0.1, -0.05) is 109 Å². The van der Waals surface area contributed by atoms with E-state index in [9.17, 15) is 0 Å². The molecule has 8 aromatic rings. The molecule has 251 valence electrons. The Labute approximate surface area is 313 Å². The minimum absolute atomic E-state index is 0. The Morgan fingerprint density at radius 3 is 2.22 bits per heavy atom. The van der Waals surface area contributed by atoms with E-state index in [1.165, 1.54) is 16.3 Å². The van der Waals surface area contributed by atoms with Gasteiger partial charge in [-0.15, -0.1) is 35.9 Å². The van der Waals surface area contributed by atoms with Gasteiger partial charge in [0.2, 0.25) is 0 Å². The number of rotatable bonds is 5. The predicted octanol–water partition coefficient (Wildman–Crippen LogP) is 10.9. The van der Waals surface area contributed by atoms with E-state index in [1.807, 2.05) is 60.8 Å². The van der Waals surface area contributed by atoms with Gasteiger partial charge in [-0.25, -0.2) is 0 Å². The zero-order valence-corrected chi connectivity index (χ0v) is 32.1. The number of imidazole rings is 1. The summed E-state index contributed by atoms with van der Waals surface area (Å²) >= 11 is 0. The summed E-state index contributed by atoms with van der Waals surface area (Å²) in [4.78, 5) is 9.46.